The molecule has 26 heavy (non-hydrogen) atoms. The molecule has 0 unspecified atom stereocenters. The highest BCUT2D eigenvalue weighted by Crippen LogP contribution is 2.19. The molecule has 0 spiro atoms. The molecular weight excluding hydrogens is 346 g/mol. The summed E-state index contributed by atoms with van der Waals surface area (Å²) in [6.45, 7) is 3.04. The Balaban J connectivity index is 1.30. The fourth-order valence-corrected chi connectivity index (χ4v) is 4.16. The maximum Gasteiger partial charge on any atom is 0.269 e. The second-order valence-electron chi connectivity index (χ2n) is 6.77. The first-order valence-corrected chi connectivity index (χ1v) is 9.80. The van der Waals surface area contributed by atoms with Crippen LogP contribution in [0, 0.1) is 0 Å². The van der Waals surface area contributed by atoms with E-state index in [0.29, 0.717) is 5.69 Å². The Bertz CT molecular complexity index is 858. The highest BCUT2D eigenvalue weighted by Gasteiger charge is 2.22. The number of aromatic amines is 1. The van der Waals surface area contributed by atoms with Gasteiger partial charge < -0.3 is 9.88 Å². The fraction of sp³-hybridized carbons (Fsp3) is 0.368. The molecule has 3 aromatic rings. The molecule has 4 rings (SSSR count). The minimum atomic E-state index is -0.0744. The summed E-state index contributed by atoms with van der Waals surface area (Å²) < 4.78 is 1.99. The third-order valence-electron chi connectivity index (χ3n) is 4.91. The van der Waals surface area contributed by atoms with Crippen molar-refractivity contribution in [2.75, 3.05) is 13.1 Å². The Kier molecular flexibility index (Phi) is 4.90. The van der Waals surface area contributed by atoms with E-state index in [-0.39, 0.29) is 11.9 Å². The summed E-state index contributed by atoms with van der Waals surface area (Å²) >= 11 is 1.80. The number of hydrogen-bond acceptors (Lipinski definition) is 4. The number of nitrogens with zero attached hydrogens (tertiary/aromatic N) is 3. The first-order chi connectivity index (χ1) is 12.7. The molecule has 0 saturated carbocycles. The van der Waals surface area contributed by atoms with Crippen LogP contribution >= 0.6 is 11.3 Å². The number of thiophene rings is 1. The number of aromatic nitrogens is 3. The minimum absolute atomic E-state index is 0.0744. The van der Waals surface area contributed by atoms with Gasteiger partial charge in [-0.1, -0.05) is 6.07 Å². The van der Waals surface area contributed by atoms with E-state index in [4.69, 9.17) is 0 Å². The maximum atomic E-state index is 12.5. The van der Waals surface area contributed by atoms with Gasteiger partial charge in [-0.15, -0.1) is 11.3 Å². The topological polar surface area (TPSA) is 66.0 Å². The molecule has 0 bridgehead atoms. The first-order valence-electron chi connectivity index (χ1n) is 8.92. The molecule has 7 heteroatoms. The minimum Gasteiger partial charge on any atom is -0.349 e. The van der Waals surface area contributed by atoms with Crippen LogP contribution in [0.25, 0.3) is 11.4 Å². The molecule has 4 heterocycles. The van der Waals surface area contributed by atoms with Crippen molar-refractivity contribution in [2.45, 2.75) is 25.4 Å². The van der Waals surface area contributed by atoms with E-state index in [9.17, 15) is 4.79 Å². The van der Waals surface area contributed by atoms with Gasteiger partial charge in [0, 0.05) is 43.8 Å². The Labute approximate surface area is 156 Å². The molecule has 6 nitrogen and oxygen atoms in total. The largest absolute Gasteiger partial charge is 0.349 e. The summed E-state index contributed by atoms with van der Waals surface area (Å²) in [6.07, 6.45) is 3.93. The van der Waals surface area contributed by atoms with Gasteiger partial charge in [-0.25, -0.2) is 0 Å². The Morgan fingerprint density at radius 1 is 1.35 bits per heavy atom. The number of carbonyl (C=O) groups is 1. The van der Waals surface area contributed by atoms with Gasteiger partial charge >= 0.3 is 0 Å². The summed E-state index contributed by atoms with van der Waals surface area (Å²) in [5.41, 5.74) is 2.29. The van der Waals surface area contributed by atoms with Crippen molar-refractivity contribution in [1.82, 2.24) is 25.0 Å². The number of hydrogen-bond donors (Lipinski definition) is 2. The van der Waals surface area contributed by atoms with Crippen molar-refractivity contribution >= 4 is 17.2 Å². The number of nitrogens with one attached hydrogen (secondary N) is 2. The molecule has 1 saturated heterocycles. The molecule has 0 radical (unpaired) electrons. The van der Waals surface area contributed by atoms with E-state index in [2.05, 4.69) is 37.9 Å². The number of piperidine rings is 1. The predicted molar refractivity (Wildman–Crippen MR) is 103 cm³/mol. The zero-order chi connectivity index (χ0) is 17.9. The zero-order valence-electron chi connectivity index (χ0n) is 14.8. The lowest BCUT2D eigenvalue weighted by Gasteiger charge is -2.31. The molecule has 0 aliphatic carbocycles. The number of likely N-dealkylation sites (tertiary alicyclic amines) is 1. The Hall–Kier alpha value is -2.38. The van der Waals surface area contributed by atoms with Gasteiger partial charge in [0.2, 0.25) is 0 Å². The predicted octanol–water partition coefficient (Wildman–Crippen LogP) is 2.87. The van der Waals surface area contributed by atoms with Gasteiger partial charge in [0.05, 0.1) is 5.69 Å². The van der Waals surface area contributed by atoms with Crippen LogP contribution < -0.4 is 5.32 Å². The van der Waals surface area contributed by atoms with E-state index >= 15 is 0 Å². The van der Waals surface area contributed by atoms with Crippen molar-refractivity contribution in [3.8, 4) is 11.4 Å². The van der Waals surface area contributed by atoms with Crippen LogP contribution in [0.15, 0.2) is 41.9 Å². The SMILES string of the molecule is Cn1cccc1-c1cc(C(=O)NC2CCN(Cc3cccs3)CC2)[nH]n1. The van der Waals surface area contributed by atoms with Crippen LogP contribution in [-0.2, 0) is 13.6 Å². The summed E-state index contributed by atoms with van der Waals surface area (Å²) in [4.78, 5) is 16.4. The smallest absolute Gasteiger partial charge is 0.269 e. The second kappa shape index (κ2) is 7.47. The van der Waals surface area contributed by atoms with Gasteiger partial charge in [-0.05, 0) is 42.5 Å². The standard InChI is InChI=1S/C19H23N5OS/c1-23-8-2-5-18(23)16-12-17(22-21-16)19(25)20-14-6-9-24(10-7-14)13-15-4-3-11-26-15/h2-5,8,11-12,14H,6-7,9-10,13H2,1H3,(H,20,25)(H,21,22). The van der Waals surface area contributed by atoms with E-state index in [1.54, 1.807) is 11.3 Å². The van der Waals surface area contributed by atoms with Crippen molar-refractivity contribution in [3.05, 3.63) is 52.5 Å². The van der Waals surface area contributed by atoms with Crippen LogP contribution in [0.3, 0.4) is 0 Å². The number of rotatable bonds is 5. The molecule has 1 amide bonds. The molecule has 0 atom stereocenters. The molecular formula is C19H23N5OS. The maximum absolute atomic E-state index is 12.5. The van der Waals surface area contributed by atoms with Crippen LogP contribution in [0.1, 0.15) is 28.2 Å². The quantitative estimate of drug-likeness (QED) is 0.727. The molecule has 1 aliphatic heterocycles. The first kappa shape index (κ1) is 17.1. The third kappa shape index (κ3) is 3.73. The lowest BCUT2D eigenvalue weighted by atomic mass is 10.0. The molecule has 1 fully saturated rings. The summed E-state index contributed by atoms with van der Waals surface area (Å²) in [7, 11) is 1.97. The van der Waals surface area contributed by atoms with Crippen LogP contribution in [0.2, 0.25) is 0 Å². The van der Waals surface area contributed by atoms with Gasteiger partial charge in [-0.2, -0.15) is 5.10 Å². The number of H-pyrrole nitrogens is 1. The fourth-order valence-electron chi connectivity index (χ4n) is 3.42. The highest BCUT2D eigenvalue weighted by atomic mass is 32.1. The molecule has 1 aliphatic rings. The summed E-state index contributed by atoms with van der Waals surface area (Å²) in [5, 5.41) is 12.4. The van der Waals surface area contributed by atoms with Crippen molar-refractivity contribution < 1.29 is 4.79 Å². The normalized spacial score (nSPS) is 16.0. The number of amides is 1. The third-order valence-corrected chi connectivity index (χ3v) is 5.77. The zero-order valence-corrected chi connectivity index (χ0v) is 15.6. The summed E-state index contributed by atoms with van der Waals surface area (Å²) in [6, 6.07) is 10.3. The van der Waals surface area contributed by atoms with Crippen LogP contribution in [0.5, 0.6) is 0 Å². The van der Waals surface area contributed by atoms with Crippen LogP contribution in [-0.4, -0.2) is 44.7 Å². The van der Waals surface area contributed by atoms with Crippen LogP contribution in [0.4, 0.5) is 0 Å². The van der Waals surface area contributed by atoms with Gasteiger partial charge in [0.15, 0.2) is 0 Å². The van der Waals surface area contributed by atoms with E-state index in [0.717, 1.165) is 43.9 Å². The summed E-state index contributed by atoms with van der Waals surface area (Å²) in [5.74, 6) is -0.0744. The molecule has 3 aromatic heterocycles. The lowest BCUT2D eigenvalue weighted by Crippen LogP contribution is -2.44. The van der Waals surface area contributed by atoms with E-state index < -0.39 is 0 Å². The monoisotopic (exact) mass is 369 g/mol. The number of aryl methyl sites for hydroxylation is 1. The Morgan fingerprint density at radius 2 is 2.19 bits per heavy atom. The molecule has 0 aromatic carbocycles. The second-order valence-corrected chi connectivity index (χ2v) is 7.81. The van der Waals surface area contributed by atoms with Crippen molar-refractivity contribution in [3.63, 3.8) is 0 Å². The Morgan fingerprint density at radius 3 is 2.88 bits per heavy atom. The van der Waals surface area contributed by atoms with E-state index in [1.165, 1.54) is 4.88 Å². The molecule has 136 valence electrons. The average molecular weight is 369 g/mol. The van der Waals surface area contributed by atoms with Crippen molar-refractivity contribution in [1.29, 1.82) is 0 Å². The van der Waals surface area contributed by atoms with E-state index in [1.807, 2.05) is 36.0 Å². The lowest BCUT2D eigenvalue weighted by molar-refractivity contribution is 0.0904. The van der Waals surface area contributed by atoms with Gasteiger partial charge in [-0.3, -0.25) is 14.8 Å². The highest BCUT2D eigenvalue weighted by molar-refractivity contribution is 7.09. The molecule has 2 N–H and O–H groups in total. The number of carbonyl (C=O) groups excluding carboxylic acids is 1. The van der Waals surface area contributed by atoms with Gasteiger partial charge in [0.25, 0.3) is 5.91 Å². The van der Waals surface area contributed by atoms with Crippen molar-refractivity contribution in [2.24, 2.45) is 7.05 Å². The van der Waals surface area contributed by atoms with Gasteiger partial charge in [0.1, 0.15) is 11.4 Å². The average Bonchev–Trinajstić information content (AvgIpc) is 3.38.